The average molecular weight is 235 g/mol. The predicted molar refractivity (Wildman–Crippen MR) is 73.1 cm³/mol. The summed E-state index contributed by atoms with van der Waals surface area (Å²) < 4.78 is 0. The monoisotopic (exact) mass is 235 g/mol. The summed E-state index contributed by atoms with van der Waals surface area (Å²) in [5.41, 5.74) is 4.49. The third-order valence-electron chi connectivity index (χ3n) is 3.47. The minimum Gasteiger partial charge on any atom is -0.287 e. The first-order valence-electron chi connectivity index (χ1n) is 6.11. The highest BCUT2D eigenvalue weighted by atomic mass is 32.1. The van der Waals surface area contributed by atoms with Gasteiger partial charge >= 0.3 is 0 Å². The first-order valence-corrected chi connectivity index (χ1v) is 6.63. The van der Waals surface area contributed by atoms with Gasteiger partial charge in [0.1, 0.15) is 0 Å². The van der Waals surface area contributed by atoms with Gasteiger partial charge in [-0.15, -0.1) is 0 Å². The fraction of sp³-hybridized carbons (Fsp3) is 0.571. The molecular weight excluding hydrogens is 214 g/mol. The molecule has 0 N–H and O–H groups in total. The molecule has 0 spiro atoms. The van der Waals surface area contributed by atoms with Gasteiger partial charge in [0.15, 0.2) is 0 Å². The standard InChI is InChI=1S/C14H21NS/c1-10(2)12-4-5-14-9-15(11(3)16)7-6-13(14)8-12/h4-5,8,10-11,16H,6-7,9H2,1-3H3. The van der Waals surface area contributed by atoms with Crippen LogP contribution in [0.4, 0.5) is 0 Å². The van der Waals surface area contributed by atoms with Crippen LogP contribution in [0.5, 0.6) is 0 Å². The van der Waals surface area contributed by atoms with Crippen LogP contribution in [0.2, 0.25) is 0 Å². The van der Waals surface area contributed by atoms with Crippen molar-refractivity contribution in [2.75, 3.05) is 6.54 Å². The van der Waals surface area contributed by atoms with E-state index in [2.05, 4.69) is 56.5 Å². The SMILES string of the molecule is CC(C)c1ccc2c(c1)CCN(C(C)S)C2. The highest BCUT2D eigenvalue weighted by Gasteiger charge is 2.18. The number of rotatable bonds is 2. The lowest BCUT2D eigenvalue weighted by atomic mass is 9.93. The van der Waals surface area contributed by atoms with E-state index in [0.29, 0.717) is 11.3 Å². The van der Waals surface area contributed by atoms with Gasteiger partial charge < -0.3 is 0 Å². The molecule has 0 saturated heterocycles. The molecule has 0 radical (unpaired) electrons. The van der Waals surface area contributed by atoms with Gasteiger partial charge in [0.05, 0.1) is 5.37 Å². The van der Waals surface area contributed by atoms with E-state index < -0.39 is 0 Å². The molecular formula is C14H21NS. The lowest BCUT2D eigenvalue weighted by Gasteiger charge is -2.31. The Labute approximate surface area is 104 Å². The first-order chi connectivity index (χ1) is 7.58. The van der Waals surface area contributed by atoms with E-state index in [1.807, 2.05) is 0 Å². The summed E-state index contributed by atoms with van der Waals surface area (Å²) in [6.45, 7) is 8.85. The van der Waals surface area contributed by atoms with E-state index in [4.69, 9.17) is 0 Å². The Morgan fingerprint density at radius 3 is 2.56 bits per heavy atom. The molecule has 1 nitrogen and oxygen atoms in total. The highest BCUT2D eigenvalue weighted by molar-refractivity contribution is 7.80. The molecule has 1 atom stereocenters. The molecule has 1 aromatic rings. The topological polar surface area (TPSA) is 3.24 Å². The van der Waals surface area contributed by atoms with Crippen LogP contribution in [0.25, 0.3) is 0 Å². The van der Waals surface area contributed by atoms with Gasteiger partial charge in [-0.3, -0.25) is 4.90 Å². The number of thiol groups is 1. The maximum Gasteiger partial charge on any atom is 0.0502 e. The van der Waals surface area contributed by atoms with E-state index in [1.54, 1.807) is 0 Å². The van der Waals surface area contributed by atoms with Crippen molar-refractivity contribution >= 4 is 12.6 Å². The second-order valence-corrected chi connectivity index (χ2v) is 5.78. The van der Waals surface area contributed by atoms with Crippen LogP contribution in [-0.4, -0.2) is 16.8 Å². The molecule has 0 saturated carbocycles. The molecule has 2 rings (SSSR count). The zero-order valence-corrected chi connectivity index (χ0v) is 11.3. The third-order valence-corrected chi connectivity index (χ3v) is 3.79. The molecule has 88 valence electrons. The van der Waals surface area contributed by atoms with Gasteiger partial charge in [-0.2, -0.15) is 12.6 Å². The van der Waals surface area contributed by atoms with E-state index in [-0.39, 0.29) is 0 Å². The van der Waals surface area contributed by atoms with Crippen LogP contribution < -0.4 is 0 Å². The highest BCUT2D eigenvalue weighted by Crippen LogP contribution is 2.25. The van der Waals surface area contributed by atoms with Crippen LogP contribution in [0.3, 0.4) is 0 Å². The largest absolute Gasteiger partial charge is 0.287 e. The Morgan fingerprint density at radius 1 is 1.19 bits per heavy atom. The first kappa shape index (κ1) is 12.0. The van der Waals surface area contributed by atoms with Crippen molar-refractivity contribution in [1.29, 1.82) is 0 Å². The Balaban J connectivity index is 2.22. The van der Waals surface area contributed by atoms with E-state index in [9.17, 15) is 0 Å². The zero-order chi connectivity index (χ0) is 11.7. The number of hydrogen-bond acceptors (Lipinski definition) is 2. The fourth-order valence-electron chi connectivity index (χ4n) is 2.27. The molecule has 0 bridgehead atoms. The molecule has 1 heterocycles. The molecule has 0 aromatic heterocycles. The summed E-state index contributed by atoms with van der Waals surface area (Å²) in [4.78, 5) is 2.42. The van der Waals surface area contributed by atoms with E-state index in [0.717, 1.165) is 13.1 Å². The van der Waals surface area contributed by atoms with Gasteiger partial charge in [0.2, 0.25) is 0 Å². The summed E-state index contributed by atoms with van der Waals surface area (Å²) >= 11 is 4.51. The molecule has 0 amide bonds. The summed E-state index contributed by atoms with van der Waals surface area (Å²) in [5.74, 6) is 0.632. The van der Waals surface area contributed by atoms with Crippen molar-refractivity contribution in [3.8, 4) is 0 Å². The quantitative estimate of drug-likeness (QED) is 0.769. The molecule has 0 fully saturated rings. The zero-order valence-electron chi connectivity index (χ0n) is 10.4. The molecule has 0 aliphatic carbocycles. The predicted octanol–water partition coefficient (Wildman–Crippen LogP) is 3.44. The van der Waals surface area contributed by atoms with Crippen molar-refractivity contribution in [2.45, 2.75) is 45.0 Å². The van der Waals surface area contributed by atoms with Gasteiger partial charge in [0.25, 0.3) is 0 Å². The molecule has 2 heteroatoms. The van der Waals surface area contributed by atoms with Crippen molar-refractivity contribution < 1.29 is 0 Å². The Bertz CT molecular complexity index is 371. The summed E-state index contributed by atoms with van der Waals surface area (Å²) in [6.07, 6.45) is 1.17. The van der Waals surface area contributed by atoms with Gasteiger partial charge in [-0.1, -0.05) is 32.0 Å². The second kappa shape index (κ2) is 4.80. The van der Waals surface area contributed by atoms with Crippen LogP contribution in [0.15, 0.2) is 18.2 Å². The minimum atomic E-state index is 0.359. The van der Waals surface area contributed by atoms with Crippen LogP contribution in [-0.2, 0) is 13.0 Å². The maximum absolute atomic E-state index is 4.51. The van der Waals surface area contributed by atoms with Crippen molar-refractivity contribution in [3.05, 3.63) is 34.9 Å². The van der Waals surface area contributed by atoms with E-state index in [1.165, 1.54) is 23.1 Å². The van der Waals surface area contributed by atoms with Gasteiger partial charge in [0, 0.05) is 13.1 Å². The van der Waals surface area contributed by atoms with Crippen LogP contribution in [0, 0.1) is 0 Å². The molecule has 16 heavy (non-hydrogen) atoms. The molecule has 1 aliphatic rings. The third kappa shape index (κ3) is 2.44. The minimum absolute atomic E-state index is 0.359. The average Bonchev–Trinajstić information content (AvgIpc) is 2.27. The van der Waals surface area contributed by atoms with E-state index >= 15 is 0 Å². The summed E-state index contributed by atoms with van der Waals surface area (Å²) in [7, 11) is 0. The molecule has 1 aliphatic heterocycles. The lowest BCUT2D eigenvalue weighted by molar-refractivity contribution is 0.248. The molecule has 1 unspecified atom stereocenters. The lowest BCUT2D eigenvalue weighted by Crippen LogP contribution is -2.34. The normalized spacial score (nSPS) is 18.6. The Hall–Kier alpha value is -0.470. The summed E-state index contributed by atoms with van der Waals surface area (Å²) in [6, 6.07) is 6.96. The smallest absolute Gasteiger partial charge is 0.0502 e. The number of fused-ring (bicyclic) bond motifs is 1. The summed E-state index contributed by atoms with van der Waals surface area (Å²) in [5, 5.41) is 0.359. The van der Waals surface area contributed by atoms with Crippen molar-refractivity contribution in [1.82, 2.24) is 4.90 Å². The van der Waals surface area contributed by atoms with Crippen LogP contribution in [0.1, 0.15) is 43.4 Å². The number of benzene rings is 1. The number of hydrogen-bond donors (Lipinski definition) is 1. The van der Waals surface area contributed by atoms with Crippen LogP contribution >= 0.6 is 12.6 Å². The Morgan fingerprint density at radius 2 is 1.94 bits per heavy atom. The fourth-order valence-corrected chi connectivity index (χ4v) is 2.47. The molecule has 1 aromatic carbocycles. The number of nitrogens with zero attached hydrogens (tertiary/aromatic N) is 1. The van der Waals surface area contributed by atoms with Gasteiger partial charge in [-0.25, -0.2) is 0 Å². The second-order valence-electron chi connectivity index (χ2n) is 5.04. The maximum atomic E-state index is 4.51. The van der Waals surface area contributed by atoms with Crippen molar-refractivity contribution in [2.24, 2.45) is 0 Å². The Kier molecular flexibility index (Phi) is 3.60. The van der Waals surface area contributed by atoms with Crippen molar-refractivity contribution in [3.63, 3.8) is 0 Å². The van der Waals surface area contributed by atoms with Gasteiger partial charge in [-0.05, 0) is 36.0 Å².